The molecule has 0 spiro atoms. The van der Waals surface area contributed by atoms with Crippen LogP contribution in [0.5, 0.6) is 5.75 Å². The SMILES string of the molecule is CCCCCCCCCCCCCC(=O)NCC(=O)N(C)C1C(=O)NCC(=O)NC(C(=O)O)Cc2cccc(c2)-c2cc1ccc2O. The van der Waals surface area contributed by atoms with E-state index in [1.165, 1.54) is 69.0 Å². The normalized spacial score (nSPS) is 16.4. The van der Waals surface area contributed by atoms with Gasteiger partial charge in [-0.05, 0) is 35.2 Å². The molecule has 4 bridgehead atoms. The topological polar surface area (TPSA) is 165 Å². The number of aromatic hydroxyl groups is 1. The highest BCUT2D eigenvalue weighted by molar-refractivity contribution is 5.94. The molecular weight excluding hydrogens is 600 g/mol. The molecule has 5 N–H and O–H groups in total. The van der Waals surface area contributed by atoms with E-state index in [1.807, 2.05) is 0 Å². The summed E-state index contributed by atoms with van der Waals surface area (Å²) in [5.41, 5.74) is 1.95. The highest BCUT2D eigenvalue weighted by Crippen LogP contribution is 2.34. The van der Waals surface area contributed by atoms with Crippen LogP contribution in [0.4, 0.5) is 0 Å². The maximum Gasteiger partial charge on any atom is 0.326 e. The van der Waals surface area contributed by atoms with Gasteiger partial charge >= 0.3 is 5.97 Å². The number of aliphatic carboxylic acids is 1. The third kappa shape index (κ3) is 12.0. The summed E-state index contributed by atoms with van der Waals surface area (Å²) in [7, 11) is 1.43. The van der Waals surface area contributed by atoms with Crippen molar-refractivity contribution in [3.8, 4) is 16.9 Å². The second-order valence-corrected chi connectivity index (χ2v) is 12.3. The molecule has 3 rings (SSSR count). The minimum Gasteiger partial charge on any atom is -0.507 e. The van der Waals surface area contributed by atoms with E-state index in [4.69, 9.17) is 0 Å². The van der Waals surface area contributed by atoms with E-state index in [1.54, 1.807) is 30.3 Å². The molecule has 4 amide bonds. The zero-order chi connectivity index (χ0) is 34.2. The minimum atomic E-state index is -1.24. The highest BCUT2D eigenvalue weighted by atomic mass is 16.4. The van der Waals surface area contributed by atoms with Crippen LogP contribution in [-0.2, 0) is 30.4 Å². The molecule has 2 aromatic carbocycles. The fourth-order valence-electron chi connectivity index (χ4n) is 5.80. The quantitative estimate of drug-likeness (QED) is 0.165. The molecule has 0 saturated carbocycles. The number of hydrogen-bond donors (Lipinski definition) is 5. The van der Waals surface area contributed by atoms with Gasteiger partial charge in [-0.25, -0.2) is 4.79 Å². The zero-order valence-corrected chi connectivity index (χ0v) is 27.7. The Labute approximate surface area is 277 Å². The molecule has 2 aromatic rings. The Morgan fingerprint density at radius 2 is 1.57 bits per heavy atom. The van der Waals surface area contributed by atoms with Crippen molar-refractivity contribution in [3.63, 3.8) is 0 Å². The molecular formula is C36H50N4O7. The summed E-state index contributed by atoms with van der Waals surface area (Å²) in [6.45, 7) is 1.39. The third-order valence-electron chi connectivity index (χ3n) is 8.54. The number of rotatable bonds is 16. The molecule has 0 aliphatic carbocycles. The van der Waals surface area contributed by atoms with Crippen LogP contribution in [0, 0.1) is 0 Å². The van der Waals surface area contributed by atoms with Crippen molar-refractivity contribution in [2.45, 2.75) is 102 Å². The van der Waals surface area contributed by atoms with E-state index >= 15 is 0 Å². The lowest BCUT2D eigenvalue weighted by Gasteiger charge is -2.28. The highest BCUT2D eigenvalue weighted by Gasteiger charge is 2.31. The number of likely N-dealkylation sites (N-methyl/N-ethyl adjacent to an activating group) is 1. The summed E-state index contributed by atoms with van der Waals surface area (Å²) in [6.07, 6.45) is 13.2. The number of unbranched alkanes of at least 4 members (excludes halogenated alkanes) is 10. The predicted octanol–water partition coefficient (Wildman–Crippen LogP) is 4.62. The van der Waals surface area contributed by atoms with Gasteiger partial charge in [0.05, 0.1) is 13.1 Å². The number of carbonyl (C=O) groups excluding carboxylic acids is 4. The minimum absolute atomic E-state index is 0.00580. The van der Waals surface area contributed by atoms with Gasteiger partial charge in [-0.3, -0.25) is 19.2 Å². The first-order valence-corrected chi connectivity index (χ1v) is 16.8. The van der Waals surface area contributed by atoms with Crippen LogP contribution in [0.15, 0.2) is 42.5 Å². The summed E-state index contributed by atoms with van der Waals surface area (Å²) in [5.74, 6) is -3.45. The van der Waals surface area contributed by atoms with Gasteiger partial charge < -0.3 is 31.1 Å². The molecule has 1 heterocycles. The summed E-state index contributed by atoms with van der Waals surface area (Å²) in [4.78, 5) is 64.9. The predicted molar refractivity (Wildman–Crippen MR) is 179 cm³/mol. The van der Waals surface area contributed by atoms with Gasteiger partial charge in [-0.1, -0.05) is 101 Å². The van der Waals surface area contributed by atoms with Gasteiger partial charge in [-0.2, -0.15) is 0 Å². The molecule has 256 valence electrons. The monoisotopic (exact) mass is 650 g/mol. The molecule has 0 fully saturated rings. The van der Waals surface area contributed by atoms with Crippen molar-refractivity contribution in [2.24, 2.45) is 0 Å². The molecule has 0 aromatic heterocycles. The van der Waals surface area contributed by atoms with E-state index < -0.39 is 42.3 Å². The first-order valence-electron chi connectivity index (χ1n) is 16.8. The Morgan fingerprint density at radius 1 is 0.915 bits per heavy atom. The molecule has 11 heteroatoms. The molecule has 11 nitrogen and oxygen atoms in total. The number of carbonyl (C=O) groups is 5. The van der Waals surface area contributed by atoms with Gasteiger partial charge in [-0.15, -0.1) is 0 Å². The second-order valence-electron chi connectivity index (χ2n) is 12.3. The molecule has 2 atom stereocenters. The first-order chi connectivity index (χ1) is 22.6. The number of phenolic OH excluding ortho intramolecular Hbond substituents is 1. The fraction of sp³-hybridized carbons (Fsp3) is 0.528. The lowest BCUT2D eigenvalue weighted by Crippen LogP contribution is -2.49. The lowest BCUT2D eigenvalue weighted by atomic mass is 9.95. The average molecular weight is 651 g/mol. The number of carboxylic acid groups (broad SMARTS) is 1. The maximum absolute atomic E-state index is 13.5. The van der Waals surface area contributed by atoms with Crippen LogP contribution in [0.25, 0.3) is 11.1 Å². The second kappa shape index (κ2) is 19.3. The third-order valence-corrected chi connectivity index (χ3v) is 8.54. The van der Waals surface area contributed by atoms with Gasteiger partial charge in [0.25, 0.3) is 0 Å². The Hall–Kier alpha value is -4.41. The van der Waals surface area contributed by atoms with Crippen LogP contribution in [0.3, 0.4) is 0 Å². The molecule has 0 radical (unpaired) electrons. The largest absolute Gasteiger partial charge is 0.507 e. The Bertz CT molecular complexity index is 1380. The van der Waals surface area contributed by atoms with Gasteiger partial charge in [0, 0.05) is 25.5 Å². The van der Waals surface area contributed by atoms with Crippen molar-refractivity contribution in [2.75, 3.05) is 20.1 Å². The van der Waals surface area contributed by atoms with Crippen molar-refractivity contribution in [1.82, 2.24) is 20.9 Å². The molecule has 1 aliphatic rings. The number of phenols is 1. The number of amides is 4. The number of nitrogens with one attached hydrogen (secondary N) is 3. The first kappa shape index (κ1) is 37.1. The van der Waals surface area contributed by atoms with Crippen LogP contribution in [0.1, 0.15) is 101 Å². The van der Waals surface area contributed by atoms with Gasteiger partial charge in [0.2, 0.25) is 23.6 Å². The zero-order valence-electron chi connectivity index (χ0n) is 27.7. The van der Waals surface area contributed by atoms with Crippen LogP contribution < -0.4 is 16.0 Å². The van der Waals surface area contributed by atoms with Crippen molar-refractivity contribution in [1.29, 1.82) is 0 Å². The van der Waals surface area contributed by atoms with Gasteiger partial charge in [0.15, 0.2) is 0 Å². The van der Waals surface area contributed by atoms with Crippen LogP contribution in [0.2, 0.25) is 0 Å². The summed E-state index contributed by atoms with van der Waals surface area (Å²) < 4.78 is 0. The van der Waals surface area contributed by atoms with Crippen LogP contribution >= 0.6 is 0 Å². The average Bonchev–Trinajstić information content (AvgIpc) is 3.05. The number of fused-ring (bicyclic) bond motifs is 5. The summed E-state index contributed by atoms with van der Waals surface area (Å²) in [5, 5.41) is 28.0. The van der Waals surface area contributed by atoms with Gasteiger partial charge in [0.1, 0.15) is 17.8 Å². The van der Waals surface area contributed by atoms with Crippen LogP contribution in [-0.4, -0.2) is 70.9 Å². The number of nitrogens with zero attached hydrogens (tertiary/aromatic N) is 1. The molecule has 1 aliphatic heterocycles. The molecule has 2 unspecified atom stereocenters. The van der Waals surface area contributed by atoms with E-state index in [9.17, 15) is 34.2 Å². The molecule has 0 saturated heterocycles. The van der Waals surface area contributed by atoms with E-state index in [0.29, 0.717) is 28.7 Å². The maximum atomic E-state index is 13.5. The van der Waals surface area contributed by atoms with E-state index in [-0.39, 0.29) is 24.6 Å². The van der Waals surface area contributed by atoms with E-state index in [0.717, 1.165) is 25.7 Å². The molecule has 47 heavy (non-hydrogen) atoms. The van der Waals surface area contributed by atoms with Crippen molar-refractivity contribution in [3.05, 3.63) is 53.6 Å². The van der Waals surface area contributed by atoms with E-state index in [2.05, 4.69) is 22.9 Å². The summed E-state index contributed by atoms with van der Waals surface area (Å²) >= 11 is 0. The smallest absolute Gasteiger partial charge is 0.326 e. The van der Waals surface area contributed by atoms with Crippen molar-refractivity contribution >= 4 is 29.6 Å². The Balaban J connectivity index is 1.63. The number of carboxylic acids is 1. The standard InChI is InChI=1S/C36H50N4O7/c1-3-4-5-6-7-8-9-10-11-12-13-17-31(42)37-24-33(44)40(2)34-27-18-19-30(41)28(22-27)26-16-14-15-25(20-26)21-29(36(46)47)39-32(43)23-38-35(34)45/h14-16,18-20,22,29,34,41H,3-13,17,21,23-24H2,1-2H3,(H,37,42)(H,38,45)(H,39,43)(H,46,47). The number of hydrogen-bond acceptors (Lipinski definition) is 6. The summed E-state index contributed by atoms with van der Waals surface area (Å²) in [6, 6.07) is 8.96. The fourth-order valence-corrected chi connectivity index (χ4v) is 5.80. The Morgan fingerprint density at radius 3 is 2.23 bits per heavy atom. The number of benzene rings is 2. The lowest BCUT2D eigenvalue weighted by molar-refractivity contribution is -0.142. The van der Waals surface area contributed by atoms with Crippen molar-refractivity contribution < 1.29 is 34.2 Å². The Kier molecular flexibility index (Phi) is 15.2.